The number of nitriles is 1. The van der Waals surface area contributed by atoms with Crippen molar-refractivity contribution in [3.63, 3.8) is 0 Å². The number of hydrogen-bond donors (Lipinski definition) is 2. The third kappa shape index (κ3) is 3.68. The number of nitrogens with zero attached hydrogens (tertiary/aromatic N) is 2. The SMILES string of the molecule is CC(C)NCCNc1nc2c(cc1C#N)CCCC2. The lowest BCUT2D eigenvalue weighted by molar-refractivity contribution is 0.601. The molecule has 1 aromatic rings. The van der Waals surface area contributed by atoms with Crippen LogP contribution in [0, 0.1) is 11.3 Å². The molecule has 1 aliphatic rings. The standard InChI is InChI=1S/C15H22N4/c1-11(2)17-7-8-18-15-13(10-16)9-12-5-3-4-6-14(12)19-15/h9,11,17H,3-8H2,1-2H3,(H,18,19). The van der Waals surface area contributed by atoms with Crippen molar-refractivity contribution in [3.8, 4) is 6.07 Å². The van der Waals surface area contributed by atoms with E-state index in [-0.39, 0.29) is 0 Å². The minimum atomic E-state index is 0.480. The summed E-state index contributed by atoms with van der Waals surface area (Å²) in [5, 5.41) is 15.8. The third-order valence-electron chi connectivity index (χ3n) is 3.39. The van der Waals surface area contributed by atoms with Crippen LogP contribution in [-0.2, 0) is 12.8 Å². The van der Waals surface area contributed by atoms with Crippen molar-refractivity contribution in [2.75, 3.05) is 18.4 Å². The van der Waals surface area contributed by atoms with Gasteiger partial charge in [0.15, 0.2) is 0 Å². The number of pyridine rings is 1. The van der Waals surface area contributed by atoms with Gasteiger partial charge in [-0.1, -0.05) is 13.8 Å². The number of fused-ring (bicyclic) bond motifs is 1. The third-order valence-corrected chi connectivity index (χ3v) is 3.39. The molecule has 4 nitrogen and oxygen atoms in total. The van der Waals surface area contributed by atoms with Crippen LogP contribution >= 0.6 is 0 Å². The van der Waals surface area contributed by atoms with Gasteiger partial charge in [-0.2, -0.15) is 5.26 Å². The molecule has 1 heterocycles. The fourth-order valence-electron chi connectivity index (χ4n) is 2.40. The van der Waals surface area contributed by atoms with Gasteiger partial charge in [0.05, 0.1) is 5.56 Å². The van der Waals surface area contributed by atoms with E-state index in [9.17, 15) is 5.26 Å². The highest BCUT2D eigenvalue weighted by Crippen LogP contribution is 2.24. The molecule has 2 rings (SSSR count). The molecule has 1 aromatic heterocycles. The predicted octanol–water partition coefficient (Wildman–Crippen LogP) is 2.24. The fraction of sp³-hybridized carbons (Fsp3) is 0.600. The minimum Gasteiger partial charge on any atom is -0.368 e. The van der Waals surface area contributed by atoms with E-state index in [0.717, 1.165) is 31.7 Å². The van der Waals surface area contributed by atoms with Crippen LogP contribution in [0.1, 0.15) is 43.5 Å². The second kappa shape index (κ2) is 6.53. The topological polar surface area (TPSA) is 60.7 Å². The molecule has 4 heteroatoms. The number of hydrogen-bond acceptors (Lipinski definition) is 4. The van der Waals surface area contributed by atoms with E-state index in [1.807, 2.05) is 6.07 Å². The van der Waals surface area contributed by atoms with Crippen LogP contribution in [0.2, 0.25) is 0 Å². The Hall–Kier alpha value is -1.60. The molecular formula is C15H22N4. The smallest absolute Gasteiger partial charge is 0.144 e. The maximum Gasteiger partial charge on any atom is 0.144 e. The molecule has 19 heavy (non-hydrogen) atoms. The van der Waals surface area contributed by atoms with Crippen LogP contribution in [0.3, 0.4) is 0 Å². The first-order chi connectivity index (χ1) is 9.20. The van der Waals surface area contributed by atoms with E-state index < -0.39 is 0 Å². The summed E-state index contributed by atoms with van der Waals surface area (Å²) in [6, 6.07) is 4.74. The first-order valence-electron chi connectivity index (χ1n) is 7.11. The molecule has 0 aliphatic heterocycles. The lowest BCUT2D eigenvalue weighted by Crippen LogP contribution is -2.28. The highest BCUT2D eigenvalue weighted by atomic mass is 15.0. The van der Waals surface area contributed by atoms with E-state index in [1.54, 1.807) is 0 Å². The van der Waals surface area contributed by atoms with Crippen molar-refractivity contribution < 1.29 is 0 Å². The first kappa shape index (κ1) is 13.8. The molecule has 0 bridgehead atoms. The Labute approximate surface area is 115 Å². The number of aryl methyl sites for hydroxylation is 2. The summed E-state index contributed by atoms with van der Waals surface area (Å²) >= 11 is 0. The van der Waals surface area contributed by atoms with Gasteiger partial charge in [0.25, 0.3) is 0 Å². The molecule has 0 unspecified atom stereocenters. The van der Waals surface area contributed by atoms with Crippen LogP contribution in [-0.4, -0.2) is 24.1 Å². The molecule has 0 fully saturated rings. The largest absolute Gasteiger partial charge is 0.368 e. The Balaban J connectivity index is 2.04. The number of rotatable bonds is 5. The molecule has 0 saturated carbocycles. The monoisotopic (exact) mass is 258 g/mol. The van der Waals surface area contributed by atoms with Crippen molar-refractivity contribution >= 4 is 5.82 Å². The summed E-state index contributed by atoms with van der Waals surface area (Å²) in [7, 11) is 0. The average molecular weight is 258 g/mol. The van der Waals surface area contributed by atoms with Crippen LogP contribution in [0.15, 0.2) is 6.07 Å². The minimum absolute atomic E-state index is 0.480. The number of nitrogens with one attached hydrogen (secondary N) is 2. The van der Waals surface area contributed by atoms with Gasteiger partial charge in [0.2, 0.25) is 0 Å². The van der Waals surface area contributed by atoms with Crippen molar-refractivity contribution in [3.05, 3.63) is 22.9 Å². The quantitative estimate of drug-likeness (QED) is 0.795. The average Bonchev–Trinajstić information content (AvgIpc) is 2.42. The summed E-state index contributed by atoms with van der Waals surface area (Å²) < 4.78 is 0. The van der Waals surface area contributed by atoms with E-state index >= 15 is 0 Å². The van der Waals surface area contributed by atoms with Gasteiger partial charge in [-0.25, -0.2) is 4.98 Å². The van der Waals surface area contributed by atoms with Crippen molar-refractivity contribution in [2.24, 2.45) is 0 Å². The maximum absolute atomic E-state index is 9.22. The molecule has 1 aliphatic carbocycles. The van der Waals surface area contributed by atoms with Crippen LogP contribution in [0.25, 0.3) is 0 Å². The number of aromatic nitrogens is 1. The Bertz CT molecular complexity index is 474. The summed E-state index contributed by atoms with van der Waals surface area (Å²) in [6.45, 7) is 5.91. The zero-order valence-electron chi connectivity index (χ0n) is 11.8. The zero-order valence-corrected chi connectivity index (χ0v) is 11.8. The van der Waals surface area contributed by atoms with Gasteiger partial charge in [0, 0.05) is 24.8 Å². The van der Waals surface area contributed by atoms with Gasteiger partial charge in [0.1, 0.15) is 11.9 Å². The molecular weight excluding hydrogens is 236 g/mol. The van der Waals surface area contributed by atoms with Crippen LogP contribution in [0.4, 0.5) is 5.82 Å². The molecule has 102 valence electrons. The molecule has 0 radical (unpaired) electrons. The van der Waals surface area contributed by atoms with E-state index in [4.69, 9.17) is 0 Å². The highest BCUT2D eigenvalue weighted by Gasteiger charge is 2.14. The van der Waals surface area contributed by atoms with Gasteiger partial charge >= 0.3 is 0 Å². The van der Waals surface area contributed by atoms with Gasteiger partial charge < -0.3 is 10.6 Å². The Morgan fingerprint density at radius 3 is 2.84 bits per heavy atom. The van der Waals surface area contributed by atoms with E-state index in [1.165, 1.54) is 24.1 Å². The normalized spacial score (nSPS) is 14.0. The summed E-state index contributed by atoms with van der Waals surface area (Å²) in [5.74, 6) is 0.744. The van der Waals surface area contributed by atoms with E-state index in [2.05, 4.69) is 35.5 Å². The number of anilines is 1. The second-order valence-electron chi connectivity index (χ2n) is 5.34. The van der Waals surface area contributed by atoms with Crippen molar-refractivity contribution in [2.45, 2.75) is 45.6 Å². The zero-order chi connectivity index (χ0) is 13.7. The molecule has 0 saturated heterocycles. The second-order valence-corrected chi connectivity index (χ2v) is 5.34. The fourth-order valence-corrected chi connectivity index (χ4v) is 2.40. The van der Waals surface area contributed by atoms with Gasteiger partial charge in [-0.05, 0) is 37.3 Å². The lowest BCUT2D eigenvalue weighted by atomic mass is 9.95. The molecule has 0 atom stereocenters. The Morgan fingerprint density at radius 1 is 1.32 bits per heavy atom. The van der Waals surface area contributed by atoms with Crippen LogP contribution < -0.4 is 10.6 Å². The van der Waals surface area contributed by atoms with Gasteiger partial charge in [-0.3, -0.25) is 0 Å². The molecule has 0 spiro atoms. The molecule has 0 aromatic carbocycles. The van der Waals surface area contributed by atoms with Crippen LogP contribution in [0.5, 0.6) is 0 Å². The summed E-state index contributed by atoms with van der Waals surface area (Å²) in [6.07, 6.45) is 4.52. The Kier molecular flexibility index (Phi) is 4.75. The summed E-state index contributed by atoms with van der Waals surface area (Å²) in [4.78, 5) is 4.64. The molecule has 0 amide bonds. The van der Waals surface area contributed by atoms with Gasteiger partial charge in [-0.15, -0.1) is 0 Å². The Morgan fingerprint density at radius 2 is 2.11 bits per heavy atom. The summed E-state index contributed by atoms with van der Waals surface area (Å²) in [5.41, 5.74) is 3.10. The highest BCUT2D eigenvalue weighted by molar-refractivity contribution is 5.54. The predicted molar refractivity (Wildman–Crippen MR) is 77.2 cm³/mol. The van der Waals surface area contributed by atoms with Crippen molar-refractivity contribution in [1.29, 1.82) is 5.26 Å². The molecule has 2 N–H and O–H groups in total. The van der Waals surface area contributed by atoms with E-state index in [0.29, 0.717) is 11.6 Å². The maximum atomic E-state index is 9.22. The first-order valence-corrected chi connectivity index (χ1v) is 7.11. The lowest BCUT2D eigenvalue weighted by Gasteiger charge is -2.17. The van der Waals surface area contributed by atoms with Crippen molar-refractivity contribution in [1.82, 2.24) is 10.3 Å².